The van der Waals surface area contributed by atoms with E-state index in [0.717, 1.165) is 25.8 Å². The first-order chi connectivity index (χ1) is 10.7. The van der Waals surface area contributed by atoms with Crippen LogP contribution in [0, 0.1) is 12.8 Å². The topological polar surface area (TPSA) is 20.3 Å². The molecule has 1 aromatic heterocycles. The molecule has 1 atom stereocenters. The fraction of sp³-hybridized carbons (Fsp3) is 0.421. The van der Waals surface area contributed by atoms with Crippen molar-refractivity contribution in [2.45, 2.75) is 38.6 Å². The maximum absolute atomic E-state index is 12.9. The third-order valence-corrected chi connectivity index (χ3v) is 6.09. The van der Waals surface area contributed by atoms with Crippen molar-refractivity contribution in [1.29, 1.82) is 0 Å². The van der Waals surface area contributed by atoms with Crippen LogP contribution in [0.25, 0.3) is 0 Å². The summed E-state index contributed by atoms with van der Waals surface area (Å²) in [7, 11) is 0. The zero-order chi connectivity index (χ0) is 15.1. The summed E-state index contributed by atoms with van der Waals surface area (Å²) < 4.78 is 0. The average molecular weight is 311 g/mol. The predicted molar refractivity (Wildman–Crippen MR) is 90.1 cm³/mol. The molecule has 1 unspecified atom stereocenters. The Balaban J connectivity index is 1.74. The van der Waals surface area contributed by atoms with E-state index >= 15 is 0 Å². The van der Waals surface area contributed by atoms with Gasteiger partial charge in [0.2, 0.25) is 5.91 Å². The number of nitrogens with zero attached hydrogens (tertiary/aromatic N) is 1. The van der Waals surface area contributed by atoms with Gasteiger partial charge in [-0.2, -0.15) is 0 Å². The van der Waals surface area contributed by atoms with Crippen molar-refractivity contribution in [2.75, 3.05) is 6.54 Å². The summed E-state index contributed by atoms with van der Waals surface area (Å²) >= 11 is 1.83. The van der Waals surface area contributed by atoms with Gasteiger partial charge in [-0.15, -0.1) is 11.3 Å². The van der Waals surface area contributed by atoms with Gasteiger partial charge in [-0.3, -0.25) is 4.79 Å². The molecule has 22 heavy (non-hydrogen) atoms. The Bertz CT molecular complexity index is 684. The van der Waals surface area contributed by atoms with Gasteiger partial charge in [0.1, 0.15) is 0 Å². The molecular weight excluding hydrogens is 290 g/mol. The summed E-state index contributed by atoms with van der Waals surface area (Å²) in [5.74, 6) is 0.641. The average Bonchev–Trinajstić information content (AvgIpc) is 2.93. The van der Waals surface area contributed by atoms with Crippen LogP contribution >= 0.6 is 11.3 Å². The van der Waals surface area contributed by atoms with Crippen LogP contribution in [-0.4, -0.2) is 17.4 Å². The maximum Gasteiger partial charge on any atom is 0.226 e. The van der Waals surface area contributed by atoms with Gasteiger partial charge in [0, 0.05) is 17.3 Å². The summed E-state index contributed by atoms with van der Waals surface area (Å²) in [5.41, 5.74) is 3.85. The monoisotopic (exact) mass is 311 g/mol. The third kappa shape index (κ3) is 2.28. The van der Waals surface area contributed by atoms with Crippen molar-refractivity contribution in [2.24, 2.45) is 5.92 Å². The molecule has 2 aromatic rings. The SMILES string of the molecule is Cc1ccc(C2c3ccsc3CCN2C(=O)C2CCC2)cc1. The molecule has 3 heteroatoms. The molecule has 1 aromatic carbocycles. The normalized spacial score (nSPS) is 21.3. The molecule has 1 saturated carbocycles. The Labute approximate surface area is 135 Å². The van der Waals surface area contributed by atoms with Crippen molar-refractivity contribution in [3.63, 3.8) is 0 Å². The molecule has 1 aliphatic carbocycles. The predicted octanol–water partition coefficient (Wildman–Crippen LogP) is 4.33. The summed E-state index contributed by atoms with van der Waals surface area (Å²) in [6, 6.07) is 11.0. The summed E-state index contributed by atoms with van der Waals surface area (Å²) in [6.07, 6.45) is 4.37. The highest BCUT2D eigenvalue weighted by atomic mass is 32.1. The van der Waals surface area contributed by atoms with Crippen molar-refractivity contribution in [3.05, 3.63) is 57.3 Å². The molecular formula is C19H21NOS. The number of thiophene rings is 1. The van der Waals surface area contributed by atoms with Gasteiger partial charge in [0.15, 0.2) is 0 Å². The van der Waals surface area contributed by atoms with E-state index in [1.165, 1.54) is 28.0 Å². The van der Waals surface area contributed by atoms with E-state index in [4.69, 9.17) is 0 Å². The fourth-order valence-electron chi connectivity index (χ4n) is 3.55. The number of amides is 1. The lowest BCUT2D eigenvalue weighted by Crippen LogP contribution is -2.44. The second-order valence-corrected chi connectivity index (χ2v) is 7.52. The van der Waals surface area contributed by atoms with E-state index in [9.17, 15) is 4.79 Å². The molecule has 1 fully saturated rings. The number of hydrogen-bond acceptors (Lipinski definition) is 2. The van der Waals surface area contributed by atoms with Crippen LogP contribution in [0.15, 0.2) is 35.7 Å². The second kappa shape index (κ2) is 5.54. The van der Waals surface area contributed by atoms with Crippen molar-refractivity contribution in [1.82, 2.24) is 4.90 Å². The van der Waals surface area contributed by atoms with Gasteiger partial charge in [-0.1, -0.05) is 36.2 Å². The van der Waals surface area contributed by atoms with E-state index in [2.05, 4.69) is 47.5 Å². The number of carbonyl (C=O) groups excluding carboxylic acids is 1. The quantitative estimate of drug-likeness (QED) is 0.808. The van der Waals surface area contributed by atoms with Crippen LogP contribution in [-0.2, 0) is 11.2 Å². The molecule has 1 aliphatic heterocycles. The van der Waals surface area contributed by atoms with Gasteiger partial charge in [0.05, 0.1) is 6.04 Å². The largest absolute Gasteiger partial charge is 0.331 e. The summed E-state index contributed by atoms with van der Waals surface area (Å²) in [4.78, 5) is 16.5. The molecule has 0 saturated heterocycles. The van der Waals surface area contributed by atoms with Crippen molar-refractivity contribution in [3.8, 4) is 0 Å². The number of benzene rings is 1. The molecule has 0 bridgehead atoms. The standard InChI is InChI=1S/C19H21NOS/c1-13-5-7-14(8-6-13)18-16-10-12-22-17(16)9-11-20(18)19(21)15-3-2-4-15/h5-8,10,12,15,18H,2-4,9,11H2,1H3. The Morgan fingerprint density at radius 3 is 2.64 bits per heavy atom. The first-order valence-corrected chi connectivity index (χ1v) is 9.05. The van der Waals surface area contributed by atoms with E-state index in [1.54, 1.807) is 0 Å². The third-order valence-electron chi connectivity index (χ3n) is 5.10. The van der Waals surface area contributed by atoms with E-state index < -0.39 is 0 Å². The van der Waals surface area contributed by atoms with Crippen molar-refractivity contribution < 1.29 is 4.79 Å². The van der Waals surface area contributed by atoms with Crippen molar-refractivity contribution >= 4 is 17.2 Å². The van der Waals surface area contributed by atoms with Crippen LogP contribution in [0.1, 0.15) is 46.9 Å². The molecule has 0 radical (unpaired) electrons. The molecule has 2 heterocycles. The Hall–Kier alpha value is -1.61. The number of carbonyl (C=O) groups is 1. The lowest BCUT2D eigenvalue weighted by atomic mass is 9.82. The van der Waals surface area contributed by atoms with Gasteiger partial charge < -0.3 is 4.90 Å². The number of fused-ring (bicyclic) bond motifs is 1. The van der Waals surface area contributed by atoms with Crippen LogP contribution in [0.4, 0.5) is 0 Å². The highest BCUT2D eigenvalue weighted by molar-refractivity contribution is 7.10. The molecule has 0 spiro atoms. The minimum atomic E-state index is 0.115. The smallest absolute Gasteiger partial charge is 0.226 e. The molecule has 2 aliphatic rings. The lowest BCUT2D eigenvalue weighted by Gasteiger charge is -2.40. The second-order valence-electron chi connectivity index (χ2n) is 6.52. The van der Waals surface area contributed by atoms with Gasteiger partial charge >= 0.3 is 0 Å². The zero-order valence-electron chi connectivity index (χ0n) is 12.9. The Kier molecular flexibility index (Phi) is 3.53. The highest BCUT2D eigenvalue weighted by Gasteiger charge is 2.37. The highest BCUT2D eigenvalue weighted by Crippen LogP contribution is 2.40. The van der Waals surface area contributed by atoms with E-state index in [-0.39, 0.29) is 12.0 Å². The number of rotatable bonds is 2. The number of aryl methyl sites for hydroxylation is 1. The minimum Gasteiger partial charge on any atom is -0.331 e. The van der Waals surface area contributed by atoms with Crippen LogP contribution < -0.4 is 0 Å². The lowest BCUT2D eigenvalue weighted by molar-refractivity contribution is -0.140. The van der Waals surface area contributed by atoms with Crippen LogP contribution in [0.5, 0.6) is 0 Å². The van der Waals surface area contributed by atoms with Crippen LogP contribution in [0.2, 0.25) is 0 Å². The maximum atomic E-state index is 12.9. The van der Waals surface area contributed by atoms with Gasteiger partial charge in [-0.25, -0.2) is 0 Å². The first-order valence-electron chi connectivity index (χ1n) is 8.17. The zero-order valence-corrected chi connectivity index (χ0v) is 13.7. The molecule has 1 amide bonds. The minimum absolute atomic E-state index is 0.115. The number of hydrogen-bond donors (Lipinski definition) is 0. The molecule has 0 N–H and O–H groups in total. The van der Waals surface area contributed by atoms with Gasteiger partial charge in [0.25, 0.3) is 0 Å². The van der Waals surface area contributed by atoms with Gasteiger partial charge in [-0.05, 0) is 48.8 Å². The van der Waals surface area contributed by atoms with E-state index in [0.29, 0.717) is 5.91 Å². The molecule has 4 rings (SSSR count). The summed E-state index contributed by atoms with van der Waals surface area (Å²) in [6.45, 7) is 2.97. The van der Waals surface area contributed by atoms with Crippen LogP contribution in [0.3, 0.4) is 0 Å². The Morgan fingerprint density at radius 2 is 1.95 bits per heavy atom. The molecule has 114 valence electrons. The molecule has 2 nitrogen and oxygen atoms in total. The van der Waals surface area contributed by atoms with E-state index in [1.807, 2.05) is 11.3 Å². The first kappa shape index (κ1) is 14.0. The Morgan fingerprint density at radius 1 is 1.18 bits per heavy atom. The summed E-state index contributed by atoms with van der Waals surface area (Å²) in [5, 5.41) is 2.17. The fourth-order valence-corrected chi connectivity index (χ4v) is 4.46.